The number of thiol groups is 2. The highest BCUT2D eigenvalue weighted by Crippen LogP contribution is 2.28. The molecule has 2 nitrogen and oxygen atoms in total. The summed E-state index contributed by atoms with van der Waals surface area (Å²) in [6, 6.07) is 0. The van der Waals surface area contributed by atoms with Crippen LogP contribution in [0.5, 0.6) is 0 Å². The van der Waals surface area contributed by atoms with Crippen molar-refractivity contribution in [1.82, 2.24) is 4.90 Å². The summed E-state index contributed by atoms with van der Waals surface area (Å²) in [6.45, 7) is 5.08. The molecule has 0 aliphatic heterocycles. The van der Waals surface area contributed by atoms with Crippen molar-refractivity contribution in [1.29, 1.82) is 0 Å². The highest BCUT2D eigenvalue weighted by atomic mass is 35.5. The Bertz CT molecular complexity index is 225. The fourth-order valence-electron chi connectivity index (χ4n) is 1.49. The monoisotopic (exact) mass is 297 g/mol. The lowest BCUT2D eigenvalue weighted by atomic mass is 9.90. The number of carbonyl (C=O) groups is 1. The summed E-state index contributed by atoms with van der Waals surface area (Å²) in [5, 5.41) is 0. The molecular weight excluding hydrogens is 274 g/mol. The van der Waals surface area contributed by atoms with E-state index in [0.29, 0.717) is 18.4 Å². The number of nitrogens with zero attached hydrogens (tertiary/aromatic N) is 1. The smallest absolute Gasteiger partial charge is 0.209 e. The van der Waals surface area contributed by atoms with Gasteiger partial charge in [-0.15, -0.1) is 12.4 Å². The molecule has 0 spiro atoms. The van der Waals surface area contributed by atoms with Gasteiger partial charge in [-0.2, -0.15) is 25.3 Å². The van der Waals surface area contributed by atoms with E-state index in [9.17, 15) is 4.79 Å². The molecule has 2 atom stereocenters. The van der Waals surface area contributed by atoms with Gasteiger partial charge in [-0.1, -0.05) is 32.4 Å². The molecule has 0 radical (unpaired) electrons. The third-order valence-electron chi connectivity index (χ3n) is 2.91. The van der Waals surface area contributed by atoms with Gasteiger partial charge in [-0.25, -0.2) is 0 Å². The van der Waals surface area contributed by atoms with Crippen LogP contribution in [0.25, 0.3) is 0 Å². The topological polar surface area (TPSA) is 20.3 Å². The van der Waals surface area contributed by atoms with Gasteiger partial charge in [0.1, 0.15) is 0 Å². The molecule has 0 heterocycles. The molecule has 0 saturated carbocycles. The molecule has 0 aromatic carbocycles. The molecule has 0 saturated heterocycles. The predicted octanol–water partition coefficient (Wildman–Crippen LogP) is 3.29. The van der Waals surface area contributed by atoms with Crippen molar-refractivity contribution in [2.24, 2.45) is 11.8 Å². The van der Waals surface area contributed by atoms with Crippen LogP contribution in [0.2, 0.25) is 0 Å². The number of rotatable bonds is 8. The molecule has 1 amide bonds. The minimum Gasteiger partial charge on any atom is -0.345 e. The number of allylic oxidation sites excluding steroid dienone is 1. The van der Waals surface area contributed by atoms with Crippen molar-refractivity contribution in [3.05, 3.63) is 12.2 Å². The van der Waals surface area contributed by atoms with Crippen LogP contribution in [0.1, 0.15) is 26.7 Å². The van der Waals surface area contributed by atoms with E-state index in [1.54, 1.807) is 11.9 Å². The molecule has 0 aliphatic rings. The highest BCUT2D eigenvalue weighted by molar-refractivity contribution is 7.99. The van der Waals surface area contributed by atoms with Crippen LogP contribution in [-0.2, 0) is 4.79 Å². The molecular formula is C12H24ClNOS2. The van der Waals surface area contributed by atoms with Crippen LogP contribution < -0.4 is 0 Å². The average molecular weight is 298 g/mol. The van der Waals surface area contributed by atoms with Crippen LogP contribution in [-0.4, -0.2) is 29.5 Å². The molecule has 17 heavy (non-hydrogen) atoms. The van der Waals surface area contributed by atoms with Crippen molar-refractivity contribution in [3.63, 3.8) is 0 Å². The third-order valence-corrected chi connectivity index (χ3v) is 3.67. The Morgan fingerprint density at radius 1 is 1.29 bits per heavy atom. The molecule has 2 unspecified atom stereocenters. The Morgan fingerprint density at radius 2 is 1.88 bits per heavy atom. The summed E-state index contributed by atoms with van der Waals surface area (Å²) in [5.41, 5.74) is 0. The highest BCUT2D eigenvalue weighted by Gasteiger charge is 2.19. The Balaban J connectivity index is 0. The lowest BCUT2D eigenvalue weighted by Gasteiger charge is -2.24. The normalized spacial score (nSPS) is 14.5. The Labute approximate surface area is 122 Å². The molecule has 0 fully saturated rings. The largest absolute Gasteiger partial charge is 0.345 e. The van der Waals surface area contributed by atoms with Crippen LogP contribution in [0.15, 0.2) is 12.2 Å². The van der Waals surface area contributed by atoms with Gasteiger partial charge in [-0.3, -0.25) is 4.79 Å². The van der Waals surface area contributed by atoms with Gasteiger partial charge >= 0.3 is 0 Å². The number of carbonyl (C=O) groups excluding carboxylic acids is 1. The number of halogens is 1. The van der Waals surface area contributed by atoms with E-state index in [0.717, 1.165) is 19.3 Å². The van der Waals surface area contributed by atoms with Crippen molar-refractivity contribution in [3.8, 4) is 0 Å². The molecule has 0 bridgehead atoms. The maximum Gasteiger partial charge on any atom is 0.209 e. The van der Waals surface area contributed by atoms with E-state index >= 15 is 0 Å². The zero-order valence-electron chi connectivity index (χ0n) is 10.7. The summed E-state index contributed by atoms with van der Waals surface area (Å²) in [7, 11) is 1.77. The first-order valence-electron chi connectivity index (χ1n) is 5.69. The quantitative estimate of drug-likeness (QED) is 0.305. The van der Waals surface area contributed by atoms with Crippen molar-refractivity contribution < 1.29 is 4.79 Å². The molecule has 0 aromatic heterocycles. The van der Waals surface area contributed by atoms with Crippen LogP contribution in [0.3, 0.4) is 0 Å². The van der Waals surface area contributed by atoms with Gasteiger partial charge in [0, 0.05) is 18.2 Å². The fourth-order valence-corrected chi connectivity index (χ4v) is 2.32. The lowest BCUT2D eigenvalue weighted by Crippen LogP contribution is -2.18. The Morgan fingerprint density at radius 3 is 2.29 bits per heavy atom. The van der Waals surface area contributed by atoms with Crippen LogP contribution in [0.4, 0.5) is 0 Å². The van der Waals surface area contributed by atoms with Gasteiger partial charge in [0.15, 0.2) is 0 Å². The molecule has 0 aliphatic carbocycles. The lowest BCUT2D eigenvalue weighted by molar-refractivity contribution is -0.116. The van der Waals surface area contributed by atoms with E-state index in [1.165, 1.54) is 0 Å². The fraction of sp³-hybridized carbons (Fsp3) is 0.750. The first-order chi connectivity index (χ1) is 7.52. The molecule has 0 N–H and O–H groups in total. The minimum atomic E-state index is 0. The summed E-state index contributed by atoms with van der Waals surface area (Å²) in [5.74, 6) is 1.10. The van der Waals surface area contributed by atoms with E-state index < -0.39 is 0 Å². The van der Waals surface area contributed by atoms with Crippen molar-refractivity contribution in [2.75, 3.05) is 13.6 Å². The van der Waals surface area contributed by atoms with Gasteiger partial charge in [0.2, 0.25) is 6.41 Å². The first kappa shape index (κ1) is 19.5. The molecule has 102 valence electrons. The Kier molecular flexibility index (Phi) is 13.0. The van der Waals surface area contributed by atoms with Gasteiger partial charge in [0.05, 0.1) is 0 Å². The third kappa shape index (κ3) is 8.86. The molecule has 0 aromatic rings. The van der Waals surface area contributed by atoms with Crippen LogP contribution >= 0.6 is 37.7 Å². The molecule has 0 rings (SSSR count). The summed E-state index contributed by atoms with van der Waals surface area (Å²) in [6.07, 6.45) is 7.09. The SMILES string of the molecule is CCC(C)C(CC=CCN(C)C=O)C(S)S.Cl. The van der Waals surface area contributed by atoms with E-state index in [2.05, 4.69) is 45.2 Å². The Hall–Kier alpha value is 0.200. The zero-order valence-corrected chi connectivity index (χ0v) is 13.3. The second-order valence-corrected chi connectivity index (χ2v) is 5.74. The van der Waals surface area contributed by atoms with E-state index in [1.807, 2.05) is 6.08 Å². The van der Waals surface area contributed by atoms with Gasteiger partial charge in [0.25, 0.3) is 0 Å². The minimum absolute atomic E-state index is 0. The van der Waals surface area contributed by atoms with E-state index in [-0.39, 0.29) is 17.0 Å². The predicted molar refractivity (Wildman–Crippen MR) is 84.4 cm³/mol. The zero-order chi connectivity index (χ0) is 12.6. The second-order valence-electron chi connectivity index (χ2n) is 4.22. The van der Waals surface area contributed by atoms with Gasteiger partial charge < -0.3 is 4.90 Å². The summed E-state index contributed by atoms with van der Waals surface area (Å²) in [4.78, 5) is 12.0. The number of likely N-dealkylation sites (N-methyl/N-ethyl adjacent to an activating group) is 1. The summed E-state index contributed by atoms with van der Waals surface area (Å²) >= 11 is 8.82. The van der Waals surface area contributed by atoms with E-state index in [4.69, 9.17) is 0 Å². The standard InChI is InChI=1S/C12H23NOS2.ClH/c1-4-10(2)11(12(15)16)7-5-6-8-13(3)9-14;/h5-6,9-12,15-16H,4,7-8H2,1-3H3;1H. The maximum absolute atomic E-state index is 10.4. The number of hydrogen-bond donors (Lipinski definition) is 2. The first-order valence-corrected chi connectivity index (χ1v) is 6.72. The van der Waals surface area contributed by atoms with Crippen molar-refractivity contribution in [2.45, 2.75) is 31.3 Å². The number of hydrogen-bond acceptors (Lipinski definition) is 3. The average Bonchev–Trinajstić information content (AvgIpc) is 2.27. The maximum atomic E-state index is 10.4. The van der Waals surface area contributed by atoms with Crippen LogP contribution in [0, 0.1) is 11.8 Å². The van der Waals surface area contributed by atoms with Crippen molar-refractivity contribution >= 4 is 44.1 Å². The molecule has 5 heteroatoms. The summed E-state index contributed by atoms with van der Waals surface area (Å²) < 4.78 is 0.114. The number of amides is 1. The van der Waals surface area contributed by atoms with Gasteiger partial charge in [-0.05, 0) is 18.3 Å². The second kappa shape index (κ2) is 11.3.